The van der Waals surface area contributed by atoms with E-state index in [1.54, 1.807) is 6.07 Å². The van der Waals surface area contributed by atoms with E-state index in [-0.39, 0.29) is 10.8 Å². The van der Waals surface area contributed by atoms with E-state index in [4.69, 9.17) is 11.6 Å². The van der Waals surface area contributed by atoms with Crippen molar-refractivity contribution in [2.75, 3.05) is 45.8 Å². The molecule has 2 fully saturated rings. The Morgan fingerprint density at radius 3 is 2.64 bits per heavy atom. The second kappa shape index (κ2) is 7.26. The number of likely N-dealkylation sites (N-methyl/N-ethyl adjacent to an activating group) is 1. The average molecular weight is 326 g/mol. The third-order valence-electron chi connectivity index (χ3n) is 5.04. The molecule has 1 aromatic rings. The van der Waals surface area contributed by atoms with E-state index in [0.29, 0.717) is 18.2 Å². The average Bonchev–Trinajstić information content (AvgIpc) is 3.00. The summed E-state index contributed by atoms with van der Waals surface area (Å²) in [5.41, 5.74) is 0.712. The van der Waals surface area contributed by atoms with E-state index in [0.717, 1.165) is 32.7 Å². The number of benzene rings is 1. The number of hydrogen-bond acceptors (Lipinski definition) is 3. The van der Waals surface area contributed by atoms with Gasteiger partial charge in [-0.3, -0.25) is 9.80 Å². The highest BCUT2D eigenvalue weighted by Crippen LogP contribution is 2.23. The molecule has 22 heavy (non-hydrogen) atoms. The predicted octanol–water partition coefficient (Wildman–Crippen LogP) is 2.69. The third kappa shape index (κ3) is 3.62. The van der Waals surface area contributed by atoms with Crippen molar-refractivity contribution < 1.29 is 4.39 Å². The molecule has 0 amide bonds. The van der Waals surface area contributed by atoms with Crippen molar-refractivity contribution in [1.82, 2.24) is 14.7 Å². The lowest BCUT2D eigenvalue weighted by Crippen LogP contribution is -2.50. The fourth-order valence-electron chi connectivity index (χ4n) is 3.61. The number of hydrogen-bond donors (Lipinski definition) is 0. The van der Waals surface area contributed by atoms with Crippen molar-refractivity contribution in [3.8, 4) is 0 Å². The van der Waals surface area contributed by atoms with Gasteiger partial charge in [0.2, 0.25) is 0 Å². The van der Waals surface area contributed by atoms with Crippen molar-refractivity contribution in [3.63, 3.8) is 0 Å². The molecule has 2 heterocycles. The van der Waals surface area contributed by atoms with E-state index in [1.807, 2.05) is 12.1 Å². The van der Waals surface area contributed by atoms with Gasteiger partial charge in [0.1, 0.15) is 5.82 Å². The molecule has 0 bridgehead atoms. The molecular weight excluding hydrogens is 301 g/mol. The molecule has 0 aromatic heterocycles. The quantitative estimate of drug-likeness (QED) is 0.842. The monoisotopic (exact) mass is 325 g/mol. The van der Waals surface area contributed by atoms with Crippen LogP contribution in [0.3, 0.4) is 0 Å². The number of rotatable bonds is 4. The predicted molar refractivity (Wildman–Crippen MR) is 88.8 cm³/mol. The molecule has 1 aromatic carbocycles. The minimum atomic E-state index is -0.260. The molecule has 0 saturated carbocycles. The Kier molecular flexibility index (Phi) is 5.34. The number of likely N-dealkylation sites (tertiary alicyclic amines) is 1. The van der Waals surface area contributed by atoms with Crippen molar-refractivity contribution in [2.24, 2.45) is 0 Å². The first-order valence-electron chi connectivity index (χ1n) is 8.29. The van der Waals surface area contributed by atoms with Crippen LogP contribution in [0.15, 0.2) is 18.2 Å². The van der Waals surface area contributed by atoms with Crippen LogP contribution in [-0.2, 0) is 6.54 Å². The summed E-state index contributed by atoms with van der Waals surface area (Å²) >= 11 is 5.87. The van der Waals surface area contributed by atoms with Gasteiger partial charge in [-0.1, -0.05) is 30.7 Å². The third-order valence-corrected chi connectivity index (χ3v) is 5.34. The second-order valence-corrected chi connectivity index (χ2v) is 6.77. The molecule has 3 rings (SSSR count). The van der Waals surface area contributed by atoms with Crippen molar-refractivity contribution in [1.29, 1.82) is 0 Å². The van der Waals surface area contributed by atoms with Gasteiger partial charge >= 0.3 is 0 Å². The van der Waals surface area contributed by atoms with Gasteiger partial charge in [-0.2, -0.15) is 0 Å². The Morgan fingerprint density at radius 1 is 1.14 bits per heavy atom. The zero-order valence-corrected chi connectivity index (χ0v) is 14.0. The first-order valence-corrected chi connectivity index (χ1v) is 8.67. The summed E-state index contributed by atoms with van der Waals surface area (Å²) in [5, 5.41) is 0.226. The van der Waals surface area contributed by atoms with E-state index in [9.17, 15) is 4.39 Å². The van der Waals surface area contributed by atoms with Crippen LogP contribution in [0, 0.1) is 5.82 Å². The topological polar surface area (TPSA) is 9.72 Å². The smallest absolute Gasteiger partial charge is 0.146 e. The van der Waals surface area contributed by atoms with Crippen LogP contribution < -0.4 is 0 Å². The standard InChI is InChI=1S/C17H25ClFN3/c1-2-20-8-10-22(11-9-20)15-6-7-21(13-15)12-14-4-3-5-16(18)17(14)19/h3-5,15H,2,6-13H2,1H3/t15-/m1/s1. The molecule has 0 N–H and O–H groups in total. The zero-order chi connectivity index (χ0) is 15.5. The van der Waals surface area contributed by atoms with Crippen LogP contribution in [0.4, 0.5) is 4.39 Å². The molecular formula is C17H25ClFN3. The van der Waals surface area contributed by atoms with Crippen LogP contribution in [0.25, 0.3) is 0 Å². The maximum absolute atomic E-state index is 14.0. The largest absolute Gasteiger partial charge is 0.301 e. The van der Waals surface area contributed by atoms with Gasteiger partial charge < -0.3 is 4.90 Å². The molecule has 0 radical (unpaired) electrons. The Bertz CT molecular complexity index is 503. The Labute approximate surface area is 137 Å². The molecule has 5 heteroatoms. The highest BCUT2D eigenvalue weighted by Gasteiger charge is 2.29. The molecule has 122 valence electrons. The van der Waals surface area contributed by atoms with Crippen molar-refractivity contribution >= 4 is 11.6 Å². The second-order valence-electron chi connectivity index (χ2n) is 6.36. The van der Waals surface area contributed by atoms with Crippen molar-refractivity contribution in [2.45, 2.75) is 25.9 Å². The number of nitrogens with zero attached hydrogens (tertiary/aromatic N) is 3. The Morgan fingerprint density at radius 2 is 1.91 bits per heavy atom. The SMILES string of the molecule is CCN1CCN([C@@H]2CCN(Cc3cccc(Cl)c3F)C2)CC1. The first kappa shape index (κ1) is 16.2. The lowest BCUT2D eigenvalue weighted by Gasteiger charge is -2.37. The van der Waals surface area contributed by atoms with Crippen LogP contribution in [0.5, 0.6) is 0 Å². The van der Waals surface area contributed by atoms with Gasteiger partial charge in [-0.25, -0.2) is 4.39 Å². The van der Waals surface area contributed by atoms with E-state index < -0.39 is 0 Å². The summed E-state index contributed by atoms with van der Waals surface area (Å²) in [4.78, 5) is 7.47. The van der Waals surface area contributed by atoms with Crippen molar-refractivity contribution in [3.05, 3.63) is 34.6 Å². The van der Waals surface area contributed by atoms with E-state index in [1.165, 1.54) is 19.5 Å². The molecule has 0 spiro atoms. The molecule has 1 atom stereocenters. The van der Waals surface area contributed by atoms with Gasteiger partial charge in [0.15, 0.2) is 0 Å². The van der Waals surface area contributed by atoms with Gasteiger partial charge in [0.25, 0.3) is 0 Å². The zero-order valence-electron chi connectivity index (χ0n) is 13.3. The molecule has 0 aliphatic carbocycles. The molecule has 2 aliphatic heterocycles. The minimum Gasteiger partial charge on any atom is -0.301 e. The lowest BCUT2D eigenvalue weighted by molar-refractivity contribution is 0.101. The maximum Gasteiger partial charge on any atom is 0.146 e. The fourth-order valence-corrected chi connectivity index (χ4v) is 3.80. The molecule has 2 aliphatic rings. The molecule has 0 unspecified atom stereocenters. The summed E-state index contributed by atoms with van der Waals surface area (Å²) in [6, 6.07) is 5.91. The molecule has 2 saturated heterocycles. The van der Waals surface area contributed by atoms with Crippen LogP contribution in [-0.4, -0.2) is 66.6 Å². The summed E-state index contributed by atoms with van der Waals surface area (Å²) in [6.45, 7) is 10.8. The summed E-state index contributed by atoms with van der Waals surface area (Å²) in [5.74, 6) is -0.260. The fraction of sp³-hybridized carbons (Fsp3) is 0.647. The summed E-state index contributed by atoms with van der Waals surface area (Å²) in [6.07, 6.45) is 1.19. The maximum atomic E-state index is 14.0. The molecule has 3 nitrogen and oxygen atoms in total. The van der Waals surface area contributed by atoms with E-state index >= 15 is 0 Å². The van der Waals surface area contributed by atoms with E-state index in [2.05, 4.69) is 21.6 Å². The van der Waals surface area contributed by atoms with Crippen LogP contribution in [0.1, 0.15) is 18.9 Å². The lowest BCUT2D eigenvalue weighted by atomic mass is 10.2. The van der Waals surface area contributed by atoms with Gasteiger partial charge in [0.05, 0.1) is 5.02 Å². The highest BCUT2D eigenvalue weighted by molar-refractivity contribution is 6.30. The summed E-state index contributed by atoms with van der Waals surface area (Å²) in [7, 11) is 0. The Balaban J connectivity index is 1.53. The summed E-state index contributed by atoms with van der Waals surface area (Å²) < 4.78 is 14.0. The van der Waals surface area contributed by atoms with Crippen LogP contribution >= 0.6 is 11.6 Å². The minimum absolute atomic E-state index is 0.226. The first-order chi connectivity index (χ1) is 10.7. The van der Waals surface area contributed by atoms with Crippen LogP contribution in [0.2, 0.25) is 5.02 Å². The number of piperazine rings is 1. The Hall–Kier alpha value is -0.680. The van der Waals surface area contributed by atoms with Gasteiger partial charge in [-0.05, 0) is 19.0 Å². The van der Waals surface area contributed by atoms with Gasteiger partial charge in [0, 0.05) is 57.4 Å². The van der Waals surface area contributed by atoms with Gasteiger partial charge in [-0.15, -0.1) is 0 Å². The highest BCUT2D eigenvalue weighted by atomic mass is 35.5. The normalized spacial score (nSPS) is 25.0. The number of halogens is 2.